The Morgan fingerprint density at radius 1 is 0.407 bits per heavy atom. The van der Waals surface area contributed by atoms with Crippen molar-refractivity contribution in [3.05, 3.63) is 120 Å². The molecule has 0 nitrogen and oxygen atoms in total. The summed E-state index contributed by atoms with van der Waals surface area (Å²) >= 11 is 0. The van der Waals surface area contributed by atoms with E-state index < -0.39 is 0 Å². The van der Waals surface area contributed by atoms with Crippen molar-refractivity contribution in [2.24, 2.45) is 0 Å². The lowest BCUT2D eigenvalue weighted by Gasteiger charge is -2.17. The Bertz CT molecular complexity index is 1280. The fraction of sp³-hybridized carbons (Fsp3) is 0.0370. The Morgan fingerprint density at radius 3 is 1.63 bits per heavy atom. The first-order valence-electron chi connectivity index (χ1n) is 9.50. The predicted molar refractivity (Wildman–Crippen MR) is 114 cm³/mol. The first-order chi connectivity index (χ1) is 13.4. The van der Waals surface area contributed by atoms with E-state index in [1.807, 2.05) is 0 Å². The molecule has 0 fully saturated rings. The Labute approximate surface area is 158 Å². The maximum Gasteiger partial charge on any atom is 0.0358 e. The SMILES string of the molecule is c1ccc2c(c1)-c1ccccc1C2c1cccc2cc3ccccc3cc12. The van der Waals surface area contributed by atoms with Gasteiger partial charge >= 0.3 is 0 Å². The lowest BCUT2D eigenvalue weighted by atomic mass is 9.85. The summed E-state index contributed by atoms with van der Waals surface area (Å²) in [5.74, 6) is 0.294. The van der Waals surface area contributed by atoms with Crippen LogP contribution in [0.2, 0.25) is 0 Å². The lowest BCUT2D eigenvalue weighted by molar-refractivity contribution is 1.03. The maximum absolute atomic E-state index is 2.36. The maximum atomic E-state index is 2.36. The molecule has 0 heteroatoms. The van der Waals surface area contributed by atoms with E-state index in [-0.39, 0.29) is 0 Å². The van der Waals surface area contributed by atoms with Crippen molar-refractivity contribution < 1.29 is 0 Å². The van der Waals surface area contributed by atoms with E-state index in [0.29, 0.717) is 5.92 Å². The zero-order valence-corrected chi connectivity index (χ0v) is 14.9. The fourth-order valence-corrected chi connectivity index (χ4v) is 4.73. The van der Waals surface area contributed by atoms with Gasteiger partial charge in [0.1, 0.15) is 0 Å². The molecule has 1 aliphatic carbocycles. The molecule has 1 aliphatic rings. The van der Waals surface area contributed by atoms with Crippen LogP contribution in [0.4, 0.5) is 0 Å². The number of hydrogen-bond donors (Lipinski definition) is 0. The summed E-state index contributed by atoms with van der Waals surface area (Å²) in [5, 5.41) is 5.27. The van der Waals surface area contributed by atoms with Crippen molar-refractivity contribution >= 4 is 21.5 Å². The van der Waals surface area contributed by atoms with Gasteiger partial charge in [-0.25, -0.2) is 0 Å². The van der Waals surface area contributed by atoms with Crippen LogP contribution in [0.15, 0.2) is 103 Å². The summed E-state index contributed by atoms with van der Waals surface area (Å²) in [7, 11) is 0. The molecule has 27 heavy (non-hydrogen) atoms. The molecule has 0 heterocycles. The van der Waals surface area contributed by atoms with Crippen LogP contribution in [0.5, 0.6) is 0 Å². The van der Waals surface area contributed by atoms with Crippen LogP contribution in [-0.2, 0) is 0 Å². The third-order valence-electron chi connectivity index (χ3n) is 5.93. The topological polar surface area (TPSA) is 0 Å². The van der Waals surface area contributed by atoms with Gasteiger partial charge in [-0.15, -0.1) is 0 Å². The molecule has 0 saturated heterocycles. The van der Waals surface area contributed by atoms with Gasteiger partial charge in [0.15, 0.2) is 0 Å². The van der Waals surface area contributed by atoms with Gasteiger partial charge < -0.3 is 0 Å². The normalized spacial score (nSPS) is 13.0. The Balaban J connectivity index is 1.70. The summed E-state index contributed by atoms with van der Waals surface area (Å²) in [6.07, 6.45) is 0. The average Bonchev–Trinajstić information content (AvgIpc) is 3.06. The molecule has 0 radical (unpaired) electrons. The molecular weight excluding hydrogens is 324 g/mol. The van der Waals surface area contributed by atoms with E-state index in [4.69, 9.17) is 0 Å². The van der Waals surface area contributed by atoms with Crippen LogP contribution in [0, 0.1) is 0 Å². The molecule has 6 rings (SSSR count). The zero-order chi connectivity index (χ0) is 17.8. The van der Waals surface area contributed by atoms with E-state index in [9.17, 15) is 0 Å². The van der Waals surface area contributed by atoms with Crippen LogP contribution in [0.1, 0.15) is 22.6 Å². The van der Waals surface area contributed by atoms with Crippen LogP contribution in [-0.4, -0.2) is 0 Å². The van der Waals surface area contributed by atoms with Gasteiger partial charge in [-0.1, -0.05) is 91.0 Å². The number of rotatable bonds is 1. The van der Waals surface area contributed by atoms with E-state index in [1.165, 1.54) is 49.4 Å². The molecule has 126 valence electrons. The quantitative estimate of drug-likeness (QED) is 0.278. The first-order valence-corrected chi connectivity index (χ1v) is 9.50. The summed E-state index contributed by atoms with van der Waals surface area (Å²) < 4.78 is 0. The number of fused-ring (bicyclic) bond motifs is 5. The highest BCUT2D eigenvalue weighted by Crippen LogP contribution is 2.49. The molecule has 0 N–H and O–H groups in total. The minimum absolute atomic E-state index is 0.294. The largest absolute Gasteiger partial charge is 0.0619 e. The molecular formula is C27H18. The Hall–Kier alpha value is -3.38. The molecule has 0 amide bonds. The molecule has 0 aliphatic heterocycles. The van der Waals surface area contributed by atoms with E-state index in [2.05, 4.69) is 103 Å². The smallest absolute Gasteiger partial charge is 0.0358 e. The Kier molecular flexibility index (Phi) is 3.04. The first kappa shape index (κ1) is 14.8. The summed E-state index contributed by atoms with van der Waals surface area (Å²) in [4.78, 5) is 0. The molecule has 0 saturated carbocycles. The van der Waals surface area contributed by atoms with Crippen molar-refractivity contribution in [2.45, 2.75) is 5.92 Å². The minimum atomic E-state index is 0.294. The third-order valence-corrected chi connectivity index (χ3v) is 5.93. The fourth-order valence-electron chi connectivity index (χ4n) is 4.73. The van der Waals surface area contributed by atoms with Gasteiger partial charge in [0.05, 0.1) is 0 Å². The van der Waals surface area contributed by atoms with Gasteiger partial charge in [0, 0.05) is 5.92 Å². The Morgan fingerprint density at radius 2 is 0.926 bits per heavy atom. The van der Waals surface area contributed by atoms with Crippen LogP contribution in [0.3, 0.4) is 0 Å². The summed E-state index contributed by atoms with van der Waals surface area (Å²) in [5.41, 5.74) is 6.97. The number of hydrogen-bond acceptors (Lipinski definition) is 0. The van der Waals surface area contributed by atoms with E-state index in [1.54, 1.807) is 0 Å². The third kappa shape index (κ3) is 2.10. The minimum Gasteiger partial charge on any atom is -0.0619 e. The zero-order valence-electron chi connectivity index (χ0n) is 14.9. The van der Waals surface area contributed by atoms with Crippen molar-refractivity contribution in [1.29, 1.82) is 0 Å². The molecule has 0 aromatic heterocycles. The second kappa shape index (κ2) is 5.56. The molecule has 5 aromatic rings. The van der Waals surface area contributed by atoms with E-state index >= 15 is 0 Å². The van der Waals surface area contributed by atoms with Gasteiger partial charge in [0.2, 0.25) is 0 Å². The van der Waals surface area contributed by atoms with Gasteiger partial charge in [-0.05, 0) is 61.5 Å². The lowest BCUT2D eigenvalue weighted by Crippen LogP contribution is -2.00. The van der Waals surface area contributed by atoms with Crippen LogP contribution < -0.4 is 0 Å². The molecule has 0 unspecified atom stereocenters. The number of benzene rings is 5. The molecule has 0 bridgehead atoms. The highest BCUT2D eigenvalue weighted by Gasteiger charge is 2.30. The predicted octanol–water partition coefficient (Wildman–Crippen LogP) is 7.15. The van der Waals surface area contributed by atoms with Gasteiger partial charge in [-0.2, -0.15) is 0 Å². The van der Waals surface area contributed by atoms with Crippen molar-refractivity contribution in [1.82, 2.24) is 0 Å². The summed E-state index contributed by atoms with van der Waals surface area (Å²) in [6.45, 7) is 0. The van der Waals surface area contributed by atoms with Crippen LogP contribution >= 0.6 is 0 Å². The highest BCUT2D eigenvalue weighted by molar-refractivity contribution is 6.00. The van der Waals surface area contributed by atoms with Gasteiger partial charge in [-0.3, -0.25) is 0 Å². The van der Waals surface area contributed by atoms with Crippen molar-refractivity contribution in [3.63, 3.8) is 0 Å². The molecule has 0 atom stereocenters. The van der Waals surface area contributed by atoms with E-state index in [0.717, 1.165) is 0 Å². The van der Waals surface area contributed by atoms with Crippen molar-refractivity contribution in [2.75, 3.05) is 0 Å². The van der Waals surface area contributed by atoms with Crippen molar-refractivity contribution in [3.8, 4) is 11.1 Å². The molecule has 0 spiro atoms. The summed E-state index contributed by atoms with van der Waals surface area (Å²) in [6, 6.07) is 37.8. The standard InChI is InChI=1S/C27H18/c1-2-9-19-17-26-20(16-18(19)8-1)10-7-15-25(26)27-23-13-5-3-11-21(23)22-12-4-6-14-24(22)27/h1-17,27H. The molecule has 5 aromatic carbocycles. The highest BCUT2D eigenvalue weighted by atomic mass is 14.3. The average molecular weight is 342 g/mol. The van der Waals surface area contributed by atoms with Gasteiger partial charge in [0.25, 0.3) is 0 Å². The second-order valence-corrected chi connectivity index (χ2v) is 7.38. The monoisotopic (exact) mass is 342 g/mol. The van der Waals surface area contributed by atoms with Crippen LogP contribution in [0.25, 0.3) is 32.7 Å². The second-order valence-electron chi connectivity index (χ2n) is 7.38.